The predicted molar refractivity (Wildman–Crippen MR) is 130 cm³/mol. The van der Waals surface area contributed by atoms with Gasteiger partial charge in [0, 0.05) is 24.3 Å². The highest BCUT2D eigenvalue weighted by molar-refractivity contribution is 6.42. The number of carbonyl (C=O) groups is 2. The topological polar surface area (TPSA) is 98.2 Å². The zero-order chi connectivity index (χ0) is 23.6. The van der Waals surface area contributed by atoms with Crippen LogP contribution in [-0.4, -0.2) is 53.1 Å². The molecule has 1 spiro atoms. The molecule has 2 amide bonds. The largest absolute Gasteiger partial charge is 0.351 e. The number of carbonyl (C=O) groups excluding carboxylic acids is 2. The fraction of sp³-hybridized carbons (Fsp3) is 0.538. The summed E-state index contributed by atoms with van der Waals surface area (Å²) >= 11 is 0. The Morgan fingerprint density at radius 1 is 1.33 bits per heavy atom. The van der Waals surface area contributed by atoms with Gasteiger partial charge in [-0.1, -0.05) is 12.1 Å². The first-order valence-electron chi connectivity index (χ1n) is 12.1. The molecule has 0 bridgehead atoms. The van der Waals surface area contributed by atoms with Crippen LogP contribution in [0.5, 0.6) is 0 Å². The van der Waals surface area contributed by atoms with E-state index in [2.05, 4.69) is 34.4 Å². The van der Waals surface area contributed by atoms with Crippen molar-refractivity contribution in [1.82, 2.24) is 15.2 Å². The standard InChI is InChI=1S/C26H35N5O2/c1-4-19-15-26(21-6-5-10-28-23(21)30-25(26)33)16-20(19)14-22(27)24(32)29-11-7-18-8-12-31(13-9-18)17(2)3/h4-6,10,14,17-18,27H,7-9,11-13,15-16H2,1-3H3,(H,29,32)(H,28,30,33)/b19-4-,20-14-,27-22?. The molecule has 3 N–H and O–H groups in total. The van der Waals surface area contributed by atoms with Crippen LogP contribution >= 0.6 is 0 Å². The van der Waals surface area contributed by atoms with Gasteiger partial charge in [0.05, 0.1) is 5.41 Å². The van der Waals surface area contributed by atoms with Crippen molar-refractivity contribution in [3.8, 4) is 0 Å². The van der Waals surface area contributed by atoms with Crippen LogP contribution in [0.3, 0.4) is 0 Å². The molecular weight excluding hydrogens is 414 g/mol. The van der Waals surface area contributed by atoms with Gasteiger partial charge < -0.3 is 15.5 Å². The summed E-state index contributed by atoms with van der Waals surface area (Å²) in [6, 6.07) is 4.39. The molecule has 1 aromatic heterocycles. The third-order valence-corrected chi connectivity index (χ3v) is 7.52. The number of nitrogens with zero attached hydrogens (tertiary/aromatic N) is 2. The molecule has 33 heavy (non-hydrogen) atoms. The zero-order valence-electron chi connectivity index (χ0n) is 19.9. The van der Waals surface area contributed by atoms with E-state index >= 15 is 0 Å². The zero-order valence-corrected chi connectivity index (χ0v) is 19.9. The highest BCUT2D eigenvalue weighted by Gasteiger charge is 2.52. The highest BCUT2D eigenvalue weighted by Crippen LogP contribution is 2.52. The minimum absolute atomic E-state index is 0.0548. The lowest BCUT2D eigenvalue weighted by atomic mass is 9.80. The van der Waals surface area contributed by atoms with Crippen molar-refractivity contribution >= 4 is 23.3 Å². The number of pyridine rings is 1. The quantitative estimate of drug-likeness (QED) is 0.578. The third-order valence-electron chi connectivity index (χ3n) is 7.52. The number of fused-ring (bicyclic) bond motifs is 2. The Morgan fingerprint density at radius 3 is 2.76 bits per heavy atom. The van der Waals surface area contributed by atoms with E-state index in [1.165, 1.54) is 12.8 Å². The highest BCUT2D eigenvalue weighted by atomic mass is 16.2. The molecule has 4 rings (SSSR count). The van der Waals surface area contributed by atoms with Gasteiger partial charge in [-0.25, -0.2) is 4.98 Å². The molecule has 0 radical (unpaired) electrons. The molecule has 0 aromatic carbocycles. The van der Waals surface area contributed by atoms with E-state index in [-0.39, 0.29) is 17.5 Å². The van der Waals surface area contributed by atoms with E-state index in [4.69, 9.17) is 5.41 Å². The lowest BCUT2D eigenvalue weighted by Gasteiger charge is -2.34. The Kier molecular flexibility index (Phi) is 6.79. The van der Waals surface area contributed by atoms with Crippen LogP contribution in [-0.2, 0) is 15.0 Å². The molecule has 2 aliphatic heterocycles. The van der Waals surface area contributed by atoms with Gasteiger partial charge in [0.15, 0.2) is 0 Å². The van der Waals surface area contributed by atoms with Crippen LogP contribution in [0.4, 0.5) is 5.82 Å². The number of anilines is 1. The SMILES string of the molecule is C/C=C1/CC2(C/C1=C/C(=N)C(=O)NCCC1CCN(C(C)C)CC1)C(=O)Nc1ncccc12. The van der Waals surface area contributed by atoms with Gasteiger partial charge in [0.25, 0.3) is 5.91 Å². The Balaban J connectivity index is 1.35. The Bertz CT molecular complexity index is 1000. The molecule has 3 heterocycles. The number of nitrogens with one attached hydrogen (secondary N) is 3. The fourth-order valence-electron chi connectivity index (χ4n) is 5.45. The van der Waals surface area contributed by atoms with Gasteiger partial charge >= 0.3 is 0 Å². The van der Waals surface area contributed by atoms with Crippen molar-refractivity contribution in [2.75, 3.05) is 25.0 Å². The summed E-state index contributed by atoms with van der Waals surface area (Å²) in [6.45, 7) is 9.25. The number of likely N-dealkylation sites (tertiary alicyclic amines) is 1. The summed E-state index contributed by atoms with van der Waals surface area (Å²) in [4.78, 5) is 32.3. The lowest BCUT2D eigenvalue weighted by Crippen LogP contribution is -2.39. The van der Waals surface area contributed by atoms with Crippen molar-refractivity contribution in [2.45, 2.75) is 64.3 Å². The minimum atomic E-state index is -0.696. The lowest BCUT2D eigenvalue weighted by molar-refractivity contribution is -0.120. The first kappa shape index (κ1) is 23.4. The van der Waals surface area contributed by atoms with Gasteiger partial charge in [0.1, 0.15) is 11.5 Å². The summed E-state index contributed by atoms with van der Waals surface area (Å²) in [7, 11) is 0. The number of rotatable bonds is 6. The second-order valence-electron chi connectivity index (χ2n) is 9.80. The van der Waals surface area contributed by atoms with Crippen molar-refractivity contribution in [2.24, 2.45) is 5.92 Å². The van der Waals surface area contributed by atoms with Crippen LogP contribution in [0, 0.1) is 11.3 Å². The first-order chi connectivity index (χ1) is 15.8. The summed E-state index contributed by atoms with van der Waals surface area (Å²) < 4.78 is 0. The normalized spacial score (nSPS) is 25.8. The molecule has 7 nitrogen and oxygen atoms in total. The van der Waals surface area contributed by atoms with Gasteiger partial charge in [0.2, 0.25) is 5.91 Å². The van der Waals surface area contributed by atoms with Crippen LogP contribution in [0.25, 0.3) is 0 Å². The molecule has 7 heteroatoms. The van der Waals surface area contributed by atoms with Crippen LogP contribution in [0.1, 0.15) is 58.4 Å². The molecule has 1 atom stereocenters. The van der Waals surface area contributed by atoms with Gasteiger partial charge in [-0.05, 0) is 95.2 Å². The van der Waals surface area contributed by atoms with E-state index in [0.29, 0.717) is 37.2 Å². The molecule has 1 aliphatic carbocycles. The maximum atomic E-state index is 12.9. The fourth-order valence-corrected chi connectivity index (χ4v) is 5.45. The van der Waals surface area contributed by atoms with E-state index < -0.39 is 5.41 Å². The molecule has 1 aromatic rings. The second kappa shape index (κ2) is 9.59. The van der Waals surface area contributed by atoms with E-state index in [1.807, 2.05) is 25.1 Å². The Hall–Kier alpha value is -2.80. The number of aromatic nitrogens is 1. The van der Waals surface area contributed by atoms with E-state index in [0.717, 1.165) is 36.2 Å². The third kappa shape index (κ3) is 4.64. The summed E-state index contributed by atoms with van der Waals surface area (Å²) in [6.07, 6.45) is 9.62. The molecule has 3 aliphatic rings. The van der Waals surface area contributed by atoms with Crippen LogP contribution in [0.2, 0.25) is 0 Å². The molecule has 1 unspecified atom stereocenters. The smallest absolute Gasteiger partial charge is 0.269 e. The van der Waals surface area contributed by atoms with Crippen molar-refractivity contribution < 1.29 is 9.59 Å². The van der Waals surface area contributed by atoms with Gasteiger partial charge in [-0.2, -0.15) is 0 Å². The van der Waals surface area contributed by atoms with Crippen molar-refractivity contribution in [3.63, 3.8) is 0 Å². The van der Waals surface area contributed by atoms with Gasteiger partial charge in [-0.15, -0.1) is 0 Å². The summed E-state index contributed by atoms with van der Waals surface area (Å²) in [5, 5.41) is 14.2. The first-order valence-corrected chi connectivity index (χ1v) is 12.1. The molecular formula is C26H35N5O2. The second-order valence-corrected chi connectivity index (χ2v) is 9.80. The molecule has 1 saturated carbocycles. The number of hydrogen-bond donors (Lipinski definition) is 3. The van der Waals surface area contributed by atoms with E-state index in [1.54, 1.807) is 12.3 Å². The van der Waals surface area contributed by atoms with Crippen LogP contribution < -0.4 is 10.6 Å². The monoisotopic (exact) mass is 449 g/mol. The Morgan fingerprint density at radius 2 is 2.06 bits per heavy atom. The molecule has 176 valence electrons. The number of amides is 2. The number of hydrogen-bond acceptors (Lipinski definition) is 5. The number of allylic oxidation sites excluding steroid dienone is 3. The average Bonchev–Trinajstić information content (AvgIpc) is 3.31. The van der Waals surface area contributed by atoms with Crippen molar-refractivity contribution in [3.05, 3.63) is 47.2 Å². The van der Waals surface area contributed by atoms with Gasteiger partial charge in [-0.3, -0.25) is 15.0 Å². The maximum Gasteiger partial charge on any atom is 0.269 e. The Labute approximate surface area is 196 Å². The average molecular weight is 450 g/mol. The summed E-state index contributed by atoms with van der Waals surface area (Å²) in [5.41, 5.74) is 2.04. The minimum Gasteiger partial charge on any atom is -0.351 e. The molecule has 1 saturated heterocycles. The predicted octanol–water partition coefficient (Wildman–Crippen LogP) is 3.58. The maximum absolute atomic E-state index is 12.9. The van der Waals surface area contributed by atoms with Crippen LogP contribution in [0.15, 0.2) is 41.6 Å². The van der Waals surface area contributed by atoms with Crippen molar-refractivity contribution in [1.29, 1.82) is 5.41 Å². The summed E-state index contributed by atoms with van der Waals surface area (Å²) in [5.74, 6) is 0.841. The number of piperidine rings is 1. The van der Waals surface area contributed by atoms with E-state index in [9.17, 15) is 9.59 Å². The molecule has 2 fully saturated rings.